The maximum atomic E-state index is 9.54. The summed E-state index contributed by atoms with van der Waals surface area (Å²) in [4.78, 5) is 13.3. The summed E-state index contributed by atoms with van der Waals surface area (Å²) in [6.07, 6.45) is 5.70. The van der Waals surface area contributed by atoms with Gasteiger partial charge in [-0.3, -0.25) is 4.90 Å². The van der Waals surface area contributed by atoms with Gasteiger partial charge in [0.2, 0.25) is 5.95 Å². The Morgan fingerprint density at radius 2 is 2.03 bits per heavy atom. The maximum absolute atomic E-state index is 9.54. The average molecular weight is 399 g/mol. The number of methoxy groups -OCH3 is 1. The van der Waals surface area contributed by atoms with Gasteiger partial charge < -0.3 is 25.8 Å². The monoisotopic (exact) mass is 398 g/mol. The minimum absolute atomic E-state index is 0.0474. The highest BCUT2D eigenvalue weighted by atomic mass is 16.5. The van der Waals surface area contributed by atoms with Crippen LogP contribution in [0.15, 0.2) is 18.3 Å². The Morgan fingerprint density at radius 3 is 2.76 bits per heavy atom. The van der Waals surface area contributed by atoms with Crippen LogP contribution in [0, 0.1) is 0 Å². The van der Waals surface area contributed by atoms with Crippen molar-refractivity contribution in [3.63, 3.8) is 0 Å². The van der Waals surface area contributed by atoms with E-state index in [0.717, 1.165) is 56.9 Å². The molecule has 4 rings (SSSR count). The van der Waals surface area contributed by atoms with Crippen molar-refractivity contribution in [2.45, 2.75) is 31.7 Å². The van der Waals surface area contributed by atoms with E-state index in [-0.39, 0.29) is 11.6 Å². The Labute approximate surface area is 171 Å². The molecule has 8 nitrogen and oxygen atoms in total. The van der Waals surface area contributed by atoms with E-state index >= 15 is 0 Å². The van der Waals surface area contributed by atoms with Gasteiger partial charge in [0.25, 0.3) is 0 Å². The predicted octanol–water partition coefficient (Wildman–Crippen LogP) is 2.01. The van der Waals surface area contributed by atoms with Crippen LogP contribution < -0.4 is 15.8 Å². The minimum atomic E-state index is -0.126. The summed E-state index contributed by atoms with van der Waals surface area (Å²) in [5, 5.41) is 12.7. The Kier molecular flexibility index (Phi) is 5.73. The summed E-state index contributed by atoms with van der Waals surface area (Å²) >= 11 is 0. The van der Waals surface area contributed by atoms with E-state index in [4.69, 9.17) is 10.5 Å². The Hall–Kier alpha value is -2.58. The number of aromatic nitrogens is 2. The topological polar surface area (TPSA) is 99.8 Å². The number of nitrogens with two attached hydrogens (primary N) is 1. The van der Waals surface area contributed by atoms with E-state index in [1.165, 1.54) is 23.7 Å². The second-order valence-electron chi connectivity index (χ2n) is 7.96. The van der Waals surface area contributed by atoms with Crippen molar-refractivity contribution in [1.82, 2.24) is 19.8 Å². The van der Waals surface area contributed by atoms with Gasteiger partial charge >= 0.3 is 0 Å². The molecule has 1 saturated heterocycles. The molecule has 1 aliphatic carbocycles. The fourth-order valence-electron chi connectivity index (χ4n) is 4.40. The van der Waals surface area contributed by atoms with Crippen molar-refractivity contribution in [1.29, 1.82) is 0 Å². The summed E-state index contributed by atoms with van der Waals surface area (Å²) < 4.78 is 5.80. The first-order valence-electron chi connectivity index (χ1n) is 10.2. The van der Waals surface area contributed by atoms with Crippen LogP contribution in [0.3, 0.4) is 0 Å². The van der Waals surface area contributed by atoms with Crippen LogP contribution in [0.4, 0.5) is 17.5 Å². The Morgan fingerprint density at radius 1 is 1.24 bits per heavy atom. The van der Waals surface area contributed by atoms with Gasteiger partial charge in [0.05, 0.1) is 19.0 Å². The number of piperazine rings is 1. The van der Waals surface area contributed by atoms with Crippen LogP contribution in [0.25, 0.3) is 0 Å². The standard InChI is InChI=1S/C21H30N6O2/c1-26-8-10-27(11-9-26)15-4-3-5-16-14(12-15)6-7-17(19(16)29-2)24-21-23-13-18(28)20(22)25-21/h6-7,13,15,28H,3-5,8-12H2,1-2H3,(H3,22,23,24,25). The fraction of sp³-hybridized carbons (Fsp3) is 0.524. The molecular formula is C21H30N6O2. The van der Waals surface area contributed by atoms with E-state index in [1.54, 1.807) is 7.11 Å². The highest BCUT2D eigenvalue weighted by Gasteiger charge is 2.27. The Bertz CT molecular complexity index is 866. The van der Waals surface area contributed by atoms with Gasteiger partial charge in [-0.1, -0.05) is 6.07 Å². The summed E-state index contributed by atoms with van der Waals surface area (Å²) in [7, 11) is 3.90. The quantitative estimate of drug-likeness (QED) is 0.673. The molecule has 8 heteroatoms. The van der Waals surface area contributed by atoms with Crippen molar-refractivity contribution in [3.8, 4) is 11.5 Å². The summed E-state index contributed by atoms with van der Waals surface area (Å²) in [6, 6.07) is 4.81. The van der Waals surface area contributed by atoms with Gasteiger partial charge in [0.15, 0.2) is 11.6 Å². The van der Waals surface area contributed by atoms with Gasteiger partial charge in [-0.2, -0.15) is 4.98 Å². The molecule has 0 radical (unpaired) electrons. The van der Waals surface area contributed by atoms with Crippen LogP contribution in [-0.2, 0) is 12.8 Å². The third kappa shape index (κ3) is 4.23. The molecule has 0 spiro atoms. The number of likely N-dealkylation sites (N-methyl/N-ethyl adjacent to an activating group) is 1. The van der Waals surface area contributed by atoms with Gasteiger partial charge in [0, 0.05) is 32.2 Å². The second kappa shape index (κ2) is 8.42. The third-order valence-corrected chi connectivity index (χ3v) is 6.08. The molecule has 1 aliphatic heterocycles. The lowest BCUT2D eigenvalue weighted by molar-refractivity contribution is 0.106. The second-order valence-corrected chi connectivity index (χ2v) is 7.96. The molecule has 2 aromatic rings. The number of fused-ring (bicyclic) bond motifs is 1. The number of hydrogen-bond donors (Lipinski definition) is 3. The average Bonchev–Trinajstić information content (AvgIpc) is 2.94. The predicted molar refractivity (Wildman–Crippen MR) is 114 cm³/mol. The van der Waals surface area contributed by atoms with Gasteiger partial charge in [-0.25, -0.2) is 4.98 Å². The number of ether oxygens (including phenoxy) is 1. The first-order chi connectivity index (χ1) is 14.0. The van der Waals surface area contributed by atoms with Gasteiger partial charge in [-0.05, 0) is 49.9 Å². The lowest BCUT2D eigenvalue weighted by Gasteiger charge is -2.37. The molecule has 0 saturated carbocycles. The zero-order valence-corrected chi connectivity index (χ0v) is 17.2. The van der Waals surface area contributed by atoms with E-state index in [1.807, 2.05) is 6.07 Å². The van der Waals surface area contributed by atoms with Crippen LogP contribution >= 0.6 is 0 Å². The molecule has 2 aliphatic rings. The largest absolute Gasteiger partial charge is 0.503 e. The highest BCUT2D eigenvalue weighted by molar-refractivity contribution is 5.67. The number of nitrogens with one attached hydrogen (secondary N) is 1. The molecule has 0 bridgehead atoms. The number of rotatable bonds is 4. The molecule has 1 aromatic heterocycles. The first kappa shape index (κ1) is 19.7. The molecule has 29 heavy (non-hydrogen) atoms. The summed E-state index contributed by atoms with van der Waals surface area (Å²) in [6.45, 7) is 4.58. The van der Waals surface area contributed by atoms with Gasteiger partial charge in [0.1, 0.15) is 5.75 Å². The molecular weight excluding hydrogens is 368 g/mol. The van der Waals surface area contributed by atoms with Crippen LogP contribution in [-0.4, -0.2) is 71.3 Å². The van der Waals surface area contributed by atoms with E-state index in [9.17, 15) is 5.11 Å². The molecule has 156 valence electrons. The SMILES string of the molecule is COc1c(Nc2ncc(O)c(N)n2)ccc2c1CCCC(N1CCN(C)CC1)C2. The lowest BCUT2D eigenvalue weighted by Crippen LogP contribution is -2.49. The summed E-state index contributed by atoms with van der Waals surface area (Å²) in [5.74, 6) is 1.10. The number of nitrogens with zero attached hydrogens (tertiary/aromatic N) is 4. The molecule has 1 fully saturated rings. The number of aromatic hydroxyl groups is 1. The Balaban J connectivity index is 1.57. The van der Waals surface area contributed by atoms with Crippen molar-refractivity contribution in [2.24, 2.45) is 0 Å². The van der Waals surface area contributed by atoms with Crippen molar-refractivity contribution in [2.75, 3.05) is 51.4 Å². The van der Waals surface area contributed by atoms with E-state index < -0.39 is 0 Å². The van der Waals surface area contributed by atoms with E-state index in [2.05, 4.69) is 38.2 Å². The summed E-state index contributed by atoms with van der Waals surface area (Å²) in [5.41, 5.74) is 9.13. The number of hydrogen-bond acceptors (Lipinski definition) is 8. The molecule has 1 unspecified atom stereocenters. The van der Waals surface area contributed by atoms with Crippen molar-refractivity contribution in [3.05, 3.63) is 29.5 Å². The molecule has 0 amide bonds. The number of anilines is 3. The van der Waals surface area contributed by atoms with Crippen LogP contribution in [0.5, 0.6) is 11.5 Å². The van der Waals surface area contributed by atoms with Gasteiger partial charge in [-0.15, -0.1) is 0 Å². The first-order valence-corrected chi connectivity index (χ1v) is 10.2. The maximum Gasteiger partial charge on any atom is 0.229 e. The fourth-order valence-corrected chi connectivity index (χ4v) is 4.40. The molecule has 1 aromatic carbocycles. The van der Waals surface area contributed by atoms with E-state index in [0.29, 0.717) is 12.0 Å². The zero-order valence-electron chi connectivity index (χ0n) is 17.2. The number of nitrogen functional groups attached to an aromatic ring is 1. The highest BCUT2D eigenvalue weighted by Crippen LogP contribution is 2.37. The normalized spacial score (nSPS) is 20.7. The smallest absolute Gasteiger partial charge is 0.229 e. The molecule has 1 atom stereocenters. The minimum Gasteiger partial charge on any atom is -0.503 e. The molecule has 2 heterocycles. The molecule has 4 N–H and O–H groups in total. The number of benzene rings is 1. The third-order valence-electron chi connectivity index (χ3n) is 6.08. The lowest BCUT2D eigenvalue weighted by atomic mass is 9.99. The van der Waals surface area contributed by atoms with Crippen LogP contribution in [0.1, 0.15) is 24.0 Å². The van der Waals surface area contributed by atoms with Crippen molar-refractivity contribution >= 4 is 17.5 Å². The zero-order chi connectivity index (χ0) is 20.4. The van der Waals surface area contributed by atoms with Crippen LogP contribution in [0.2, 0.25) is 0 Å². The van der Waals surface area contributed by atoms with Crippen molar-refractivity contribution < 1.29 is 9.84 Å².